The van der Waals surface area contributed by atoms with Gasteiger partial charge in [0.05, 0.1) is 0 Å². The van der Waals surface area contributed by atoms with E-state index in [9.17, 15) is 4.79 Å². The van der Waals surface area contributed by atoms with Crippen molar-refractivity contribution < 1.29 is 4.79 Å². The molecule has 1 rings (SSSR count). The number of carbonyl (C=O) groups excluding carboxylic acids is 1. The van der Waals surface area contributed by atoms with E-state index < -0.39 is 0 Å². The van der Waals surface area contributed by atoms with Crippen molar-refractivity contribution >= 4 is 5.91 Å². The molecule has 0 aromatic heterocycles. The topological polar surface area (TPSA) is 20.3 Å². The van der Waals surface area contributed by atoms with E-state index >= 15 is 0 Å². The number of hydrogen-bond donors (Lipinski definition) is 0. The Morgan fingerprint density at radius 1 is 1.36 bits per heavy atom. The lowest BCUT2D eigenvalue weighted by molar-refractivity contribution is -0.145. The van der Waals surface area contributed by atoms with Crippen molar-refractivity contribution in [1.29, 1.82) is 0 Å². The summed E-state index contributed by atoms with van der Waals surface area (Å²) in [7, 11) is 0. The SMILES string of the molecule is CC(C)[C@H]1CCCN(C(C)(C)C)C1=O. The lowest BCUT2D eigenvalue weighted by atomic mass is 9.85. The average Bonchev–Trinajstić information content (AvgIpc) is 2.01. The summed E-state index contributed by atoms with van der Waals surface area (Å²) in [4.78, 5) is 14.2. The molecule has 0 radical (unpaired) electrons. The molecule has 0 spiro atoms. The highest BCUT2D eigenvalue weighted by atomic mass is 16.2. The third-order valence-electron chi connectivity index (χ3n) is 3.09. The Morgan fingerprint density at radius 2 is 1.93 bits per heavy atom. The van der Waals surface area contributed by atoms with Crippen molar-refractivity contribution in [3.63, 3.8) is 0 Å². The van der Waals surface area contributed by atoms with Gasteiger partial charge in [0.15, 0.2) is 0 Å². The van der Waals surface area contributed by atoms with E-state index in [1.165, 1.54) is 0 Å². The lowest BCUT2D eigenvalue weighted by Crippen LogP contribution is -2.52. The average molecular weight is 197 g/mol. The summed E-state index contributed by atoms with van der Waals surface area (Å²) < 4.78 is 0. The van der Waals surface area contributed by atoms with Gasteiger partial charge in [0, 0.05) is 18.0 Å². The van der Waals surface area contributed by atoms with Gasteiger partial charge in [0.1, 0.15) is 0 Å². The first-order valence-corrected chi connectivity index (χ1v) is 5.65. The van der Waals surface area contributed by atoms with Gasteiger partial charge in [-0.3, -0.25) is 4.79 Å². The van der Waals surface area contributed by atoms with Gasteiger partial charge in [-0.2, -0.15) is 0 Å². The zero-order valence-corrected chi connectivity index (χ0v) is 10.1. The van der Waals surface area contributed by atoms with Crippen molar-refractivity contribution in [3.05, 3.63) is 0 Å². The van der Waals surface area contributed by atoms with E-state index in [0.717, 1.165) is 19.4 Å². The van der Waals surface area contributed by atoms with Gasteiger partial charge in [-0.15, -0.1) is 0 Å². The Kier molecular flexibility index (Phi) is 3.23. The summed E-state index contributed by atoms with van der Waals surface area (Å²) in [6.45, 7) is 11.6. The molecule has 2 nitrogen and oxygen atoms in total. The van der Waals surface area contributed by atoms with Gasteiger partial charge < -0.3 is 4.90 Å². The molecule has 0 bridgehead atoms. The minimum Gasteiger partial charge on any atom is -0.338 e. The van der Waals surface area contributed by atoms with Crippen LogP contribution in [0.25, 0.3) is 0 Å². The van der Waals surface area contributed by atoms with Gasteiger partial charge in [-0.25, -0.2) is 0 Å². The molecule has 2 heteroatoms. The molecule has 1 aliphatic heterocycles. The van der Waals surface area contributed by atoms with Crippen LogP contribution in [0.2, 0.25) is 0 Å². The summed E-state index contributed by atoms with van der Waals surface area (Å²) in [5, 5.41) is 0. The lowest BCUT2D eigenvalue weighted by Gasteiger charge is -2.42. The Morgan fingerprint density at radius 3 is 2.36 bits per heavy atom. The first kappa shape index (κ1) is 11.5. The molecular weight excluding hydrogens is 174 g/mol. The van der Waals surface area contributed by atoms with E-state index in [-0.39, 0.29) is 11.5 Å². The molecule has 1 amide bonds. The van der Waals surface area contributed by atoms with E-state index in [1.807, 2.05) is 4.90 Å². The second-order valence-electron chi connectivity index (χ2n) is 5.65. The molecular formula is C12H23NO. The molecule has 1 saturated heterocycles. The molecule has 1 aliphatic rings. The monoisotopic (exact) mass is 197 g/mol. The van der Waals surface area contributed by atoms with Gasteiger partial charge >= 0.3 is 0 Å². The first-order valence-electron chi connectivity index (χ1n) is 5.65. The maximum atomic E-state index is 12.1. The van der Waals surface area contributed by atoms with Gasteiger partial charge in [0.2, 0.25) is 5.91 Å². The van der Waals surface area contributed by atoms with Crippen LogP contribution in [0.5, 0.6) is 0 Å². The van der Waals surface area contributed by atoms with Crippen LogP contribution in [0.1, 0.15) is 47.5 Å². The third kappa shape index (κ3) is 2.28. The highest BCUT2D eigenvalue weighted by Gasteiger charge is 2.35. The number of amides is 1. The Hall–Kier alpha value is -0.530. The van der Waals surface area contributed by atoms with Gasteiger partial charge in [-0.05, 0) is 39.5 Å². The number of carbonyl (C=O) groups is 1. The van der Waals surface area contributed by atoms with Gasteiger partial charge in [0.25, 0.3) is 0 Å². The van der Waals surface area contributed by atoms with Crippen molar-refractivity contribution in [2.75, 3.05) is 6.54 Å². The number of rotatable bonds is 1. The number of likely N-dealkylation sites (tertiary alicyclic amines) is 1. The summed E-state index contributed by atoms with van der Waals surface area (Å²) in [5.74, 6) is 1.09. The quantitative estimate of drug-likeness (QED) is 0.633. The minimum absolute atomic E-state index is 0.00928. The van der Waals surface area contributed by atoms with Crippen LogP contribution < -0.4 is 0 Å². The van der Waals surface area contributed by atoms with Crippen molar-refractivity contribution in [1.82, 2.24) is 4.90 Å². The van der Waals surface area contributed by atoms with E-state index in [0.29, 0.717) is 11.8 Å². The smallest absolute Gasteiger partial charge is 0.226 e. The summed E-state index contributed by atoms with van der Waals surface area (Å²) >= 11 is 0. The van der Waals surface area contributed by atoms with Crippen LogP contribution in [0.15, 0.2) is 0 Å². The van der Waals surface area contributed by atoms with Gasteiger partial charge in [-0.1, -0.05) is 13.8 Å². The largest absolute Gasteiger partial charge is 0.338 e. The maximum Gasteiger partial charge on any atom is 0.226 e. The molecule has 0 N–H and O–H groups in total. The molecule has 82 valence electrons. The van der Waals surface area contributed by atoms with E-state index in [4.69, 9.17) is 0 Å². The highest BCUT2D eigenvalue weighted by Crippen LogP contribution is 2.29. The van der Waals surface area contributed by atoms with Crippen LogP contribution in [-0.4, -0.2) is 22.9 Å². The molecule has 0 saturated carbocycles. The predicted molar refractivity (Wildman–Crippen MR) is 59.0 cm³/mol. The highest BCUT2D eigenvalue weighted by molar-refractivity contribution is 5.80. The van der Waals surface area contributed by atoms with Crippen molar-refractivity contribution in [2.24, 2.45) is 11.8 Å². The normalized spacial score (nSPS) is 24.6. The second-order valence-corrected chi connectivity index (χ2v) is 5.65. The molecule has 0 aromatic rings. The molecule has 14 heavy (non-hydrogen) atoms. The van der Waals surface area contributed by atoms with Crippen LogP contribution in [-0.2, 0) is 4.79 Å². The van der Waals surface area contributed by atoms with E-state index in [1.54, 1.807) is 0 Å². The number of nitrogens with zero attached hydrogens (tertiary/aromatic N) is 1. The Balaban J connectivity index is 2.77. The summed E-state index contributed by atoms with van der Waals surface area (Å²) in [6, 6.07) is 0. The standard InChI is InChI=1S/C12H23NO/c1-9(2)10-7-6-8-13(11(10)14)12(3,4)5/h9-10H,6-8H2,1-5H3/t10-/m1/s1. The molecule has 1 heterocycles. The molecule has 1 atom stereocenters. The third-order valence-corrected chi connectivity index (χ3v) is 3.09. The maximum absolute atomic E-state index is 12.1. The zero-order valence-electron chi connectivity index (χ0n) is 10.1. The van der Waals surface area contributed by atoms with E-state index in [2.05, 4.69) is 34.6 Å². The minimum atomic E-state index is -0.00928. The van der Waals surface area contributed by atoms with Crippen molar-refractivity contribution in [2.45, 2.75) is 53.0 Å². The number of hydrogen-bond acceptors (Lipinski definition) is 1. The molecule has 1 fully saturated rings. The fourth-order valence-electron chi connectivity index (χ4n) is 2.19. The fourth-order valence-corrected chi connectivity index (χ4v) is 2.19. The Bertz CT molecular complexity index is 215. The van der Waals surface area contributed by atoms with Crippen LogP contribution in [0, 0.1) is 11.8 Å². The van der Waals surface area contributed by atoms with Crippen LogP contribution in [0.4, 0.5) is 0 Å². The number of piperidine rings is 1. The van der Waals surface area contributed by atoms with Crippen molar-refractivity contribution in [3.8, 4) is 0 Å². The van der Waals surface area contributed by atoms with Crippen LogP contribution in [0.3, 0.4) is 0 Å². The zero-order chi connectivity index (χ0) is 10.9. The Labute approximate surface area is 87.7 Å². The summed E-state index contributed by atoms with van der Waals surface area (Å²) in [5.41, 5.74) is -0.00928. The van der Waals surface area contributed by atoms with Crippen LogP contribution >= 0.6 is 0 Å². The molecule has 0 aliphatic carbocycles. The predicted octanol–water partition coefficient (Wildman–Crippen LogP) is 2.68. The fraction of sp³-hybridized carbons (Fsp3) is 0.917. The first-order chi connectivity index (χ1) is 6.34. The second kappa shape index (κ2) is 3.92. The summed E-state index contributed by atoms with van der Waals surface area (Å²) in [6.07, 6.45) is 2.23. The molecule has 0 unspecified atom stereocenters. The molecule has 0 aromatic carbocycles.